The molecule has 3 amide bonds. The summed E-state index contributed by atoms with van der Waals surface area (Å²) < 4.78 is 32.2. The SMILES string of the molecule is CCNC(=O)NC(=O)C(C)OC(=O)c1ccc(S(=O)(=O)N(C)C2CCCCC2)cc1. The van der Waals surface area contributed by atoms with E-state index in [-0.39, 0.29) is 16.5 Å². The summed E-state index contributed by atoms with van der Waals surface area (Å²) in [5, 5.41) is 4.46. The Morgan fingerprint density at radius 2 is 1.73 bits per heavy atom. The van der Waals surface area contributed by atoms with E-state index in [9.17, 15) is 22.8 Å². The highest BCUT2D eigenvalue weighted by atomic mass is 32.2. The number of hydrogen-bond donors (Lipinski definition) is 2. The number of nitrogens with one attached hydrogen (secondary N) is 2. The molecule has 1 aliphatic carbocycles. The molecule has 0 radical (unpaired) electrons. The predicted octanol–water partition coefficient (Wildman–Crippen LogP) is 2.03. The maximum atomic E-state index is 12.9. The lowest BCUT2D eigenvalue weighted by Crippen LogP contribution is -2.44. The molecule has 1 saturated carbocycles. The molecule has 166 valence electrons. The van der Waals surface area contributed by atoms with Gasteiger partial charge >= 0.3 is 12.0 Å². The lowest BCUT2D eigenvalue weighted by Gasteiger charge is -2.30. The third-order valence-electron chi connectivity index (χ3n) is 5.08. The van der Waals surface area contributed by atoms with Crippen LogP contribution in [0.25, 0.3) is 0 Å². The van der Waals surface area contributed by atoms with Crippen molar-refractivity contribution in [2.24, 2.45) is 0 Å². The summed E-state index contributed by atoms with van der Waals surface area (Å²) in [6.07, 6.45) is 3.65. The van der Waals surface area contributed by atoms with Gasteiger partial charge in [0.1, 0.15) is 0 Å². The van der Waals surface area contributed by atoms with Crippen LogP contribution in [0.3, 0.4) is 0 Å². The summed E-state index contributed by atoms with van der Waals surface area (Å²) in [4.78, 5) is 35.6. The highest BCUT2D eigenvalue weighted by Gasteiger charge is 2.29. The van der Waals surface area contributed by atoms with Gasteiger partial charge in [-0.2, -0.15) is 4.31 Å². The Morgan fingerprint density at radius 3 is 2.30 bits per heavy atom. The largest absolute Gasteiger partial charge is 0.449 e. The molecule has 1 fully saturated rings. The molecular formula is C20H29N3O6S. The first-order valence-electron chi connectivity index (χ1n) is 10.0. The fraction of sp³-hybridized carbons (Fsp3) is 0.550. The smallest absolute Gasteiger partial charge is 0.338 e. The molecule has 0 heterocycles. The zero-order valence-electron chi connectivity index (χ0n) is 17.5. The number of carbonyl (C=O) groups excluding carboxylic acids is 3. The van der Waals surface area contributed by atoms with Crippen LogP contribution in [0.5, 0.6) is 0 Å². The second-order valence-corrected chi connectivity index (χ2v) is 9.23. The van der Waals surface area contributed by atoms with Crippen molar-refractivity contribution in [3.05, 3.63) is 29.8 Å². The van der Waals surface area contributed by atoms with Crippen LogP contribution in [0.2, 0.25) is 0 Å². The van der Waals surface area contributed by atoms with E-state index in [0.717, 1.165) is 32.1 Å². The van der Waals surface area contributed by atoms with Crippen molar-refractivity contribution in [2.45, 2.75) is 63.0 Å². The first-order chi connectivity index (χ1) is 14.2. The van der Waals surface area contributed by atoms with Crippen LogP contribution in [0.15, 0.2) is 29.2 Å². The first-order valence-corrected chi connectivity index (χ1v) is 11.5. The number of carbonyl (C=O) groups is 3. The number of amides is 3. The molecule has 1 unspecified atom stereocenters. The number of urea groups is 1. The summed E-state index contributed by atoms with van der Waals surface area (Å²) in [7, 11) is -2.08. The number of hydrogen-bond acceptors (Lipinski definition) is 6. The van der Waals surface area contributed by atoms with Crippen molar-refractivity contribution in [2.75, 3.05) is 13.6 Å². The molecule has 0 aromatic heterocycles. The number of nitrogens with zero attached hydrogens (tertiary/aromatic N) is 1. The lowest BCUT2D eigenvalue weighted by molar-refractivity contribution is -0.127. The van der Waals surface area contributed by atoms with Crippen LogP contribution in [0.4, 0.5) is 4.79 Å². The average molecular weight is 440 g/mol. The van der Waals surface area contributed by atoms with E-state index < -0.39 is 34.0 Å². The van der Waals surface area contributed by atoms with E-state index in [2.05, 4.69) is 10.6 Å². The van der Waals surface area contributed by atoms with Gasteiger partial charge in [-0.1, -0.05) is 19.3 Å². The van der Waals surface area contributed by atoms with Gasteiger partial charge in [0.2, 0.25) is 10.0 Å². The van der Waals surface area contributed by atoms with E-state index in [1.807, 2.05) is 0 Å². The van der Waals surface area contributed by atoms with E-state index in [4.69, 9.17) is 4.74 Å². The summed E-state index contributed by atoms with van der Waals surface area (Å²) >= 11 is 0. The third-order valence-corrected chi connectivity index (χ3v) is 7.01. The zero-order chi connectivity index (χ0) is 22.3. The van der Waals surface area contributed by atoms with Crippen molar-refractivity contribution in [1.29, 1.82) is 0 Å². The van der Waals surface area contributed by atoms with Crippen LogP contribution < -0.4 is 10.6 Å². The molecule has 2 rings (SSSR count). The average Bonchev–Trinajstić information content (AvgIpc) is 2.73. The molecule has 0 bridgehead atoms. The Morgan fingerprint density at radius 1 is 1.13 bits per heavy atom. The Kier molecular flexibility index (Phi) is 8.36. The molecule has 0 spiro atoms. The van der Waals surface area contributed by atoms with Gasteiger partial charge in [0.05, 0.1) is 10.5 Å². The second kappa shape index (κ2) is 10.5. The van der Waals surface area contributed by atoms with E-state index in [1.165, 1.54) is 35.5 Å². The number of ether oxygens (including phenoxy) is 1. The number of esters is 1. The Hall–Kier alpha value is -2.46. The van der Waals surface area contributed by atoms with Crippen LogP contribution in [-0.2, 0) is 19.6 Å². The second-order valence-electron chi connectivity index (χ2n) is 7.23. The highest BCUT2D eigenvalue weighted by Crippen LogP contribution is 2.26. The van der Waals surface area contributed by atoms with Gasteiger partial charge < -0.3 is 10.1 Å². The van der Waals surface area contributed by atoms with Gasteiger partial charge in [0.15, 0.2) is 6.10 Å². The summed E-state index contributed by atoms with van der Waals surface area (Å²) in [5.74, 6) is -1.55. The fourth-order valence-corrected chi connectivity index (χ4v) is 4.69. The lowest BCUT2D eigenvalue weighted by atomic mass is 9.96. The minimum Gasteiger partial charge on any atom is -0.449 e. The minimum atomic E-state index is -3.66. The molecular weight excluding hydrogens is 410 g/mol. The molecule has 0 aliphatic heterocycles. The van der Waals surface area contributed by atoms with E-state index >= 15 is 0 Å². The Labute approximate surface area is 177 Å². The normalized spacial score (nSPS) is 16.0. The molecule has 30 heavy (non-hydrogen) atoms. The molecule has 1 aliphatic rings. The topological polar surface area (TPSA) is 122 Å². The number of rotatable bonds is 7. The fourth-order valence-electron chi connectivity index (χ4n) is 3.27. The van der Waals surface area contributed by atoms with E-state index in [0.29, 0.717) is 6.54 Å². The molecule has 2 N–H and O–H groups in total. The van der Waals surface area contributed by atoms with Crippen molar-refractivity contribution < 1.29 is 27.5 Å². The van der Waals surface area contributed by atoms with E-state index in [1.54, 1.807) is 14.0 Å². The van der Waals surface area contributed by atoms with Crippen LogP contribution in [-0.4, -0.2) is 56.4 Å². The van der Waals surface area contributed by atoms with Gasteiger partial charge in [0, 0.05) is 19.6 Å². The summed E-state index contributed by atoms with van der Waals surface area (Å²) in [6, 6.07) is 4.70. The minimum absolute atomic E-state index is 0.0161. The monoisotopic (exact) mass is 439 g/mol. The zero-order valence-corrected chi connectivity index (χ0v) is 18.3. The summed E-state index contributed by atoms with van der Waals surface area (Å²) in [6.45, 7) is 3.38. The number of sulfonamides is 1. The molecule has 10 heteroatoms. The maximum absolute atomic E-state index is 12.9. The highest BCUT2D eigenvalue weighted by molar-refractivity contribution is 7.89. The third kappa shape index (κ3) is 6.02. The van der Waals surface area contributed by atoms with Gasteiger partial charge in [-0.25, -0.2) is 18.0 Å². The molecule has 1 atom stereocenters. The number of imide groups is 1. The molecule has 0 saturated heterocycles. The van der Waals surface area contributed by atoms with Crippen molar-refractivity contribution in [3.63, 3.8) is 0 Å². The number of benzene rings is 1. The van der Waals surface area contributed by atoms with Gasteiger partial charge in [0.25, 0.3) is 5.91 Å². The van der Waals surface area contributed by atoms with Gasteiger partial charge in [-0.15, -0.1) is 0 Å². The predicted molar refractivity (Wildman–Crippen MR) is 110 cm³/mol. The Balaban J connectivity index is 2.01. The molecule has 1 aromatic rings. The van der Waals surface area contributed by atoms with Crippen LogP contribution >= 0.6 is 0 Å². The van der Waals surface area contributed by atoms with Crippen LogP contribution in [0, 0.1) is 0 Å². The molecule has 1 aromatic carbocycles. The maximum Gasteiger partial charge on any atom is 0.338 e. The van der Waals surface area contributed by atoms with Crippen molar-refractivity contribution >= 4 is 27.9 Å². The quantitative estimate of drug-likeness (QED) is 0.627. The van der Waals surface area contributed by atoms with Crippen molar-refractivity contribution in [1.82, 2.24) is 14.9 Å². The Bertz CT molecular complexity index is 863. The van der Waals surface area contributed by atoms with Crippen molar-refractivity contribution in [3.8, 4) is 0 Å². The standard InChI is InChI=1S/C20H29N3O6S/c1-4-21-20(26)22-18(24)14(2)29-19(25)15-10-12-17(13-11-15)30(27,28)23(3)16-8-6-5-7-9-16/h10-14,16H,4-9H2,1-3H3,(H2,21,22,24,26). The molecule has 9 nitrogen and oxygen atoms in total. The summed E-state index contributed by atoms with van der Waals surface area (Å²) in [5.41, 5.74) is 0.104. The van der Waals surface area contributed by atoms with Crippen LogP contribution in [0.1, 0.15) is 56.3 Å². The van der Waals surface area contributed by atoms with Gasteiger partial charge in [-0.3, -0.25) is 10.1 Å². The van der Waals surface area contributed by atoms with Gasteiger partial charge in [-0.05, 0) is 51.0 Å². The first kappa shape index (κ1) is 23.8.